The van der Waals surface area contributed by atoms with Gasteiger partial charge in [-0.25, -0.2) is 21.5 Å². The van der Waals surface area contributed by atoms with Crippen LogP contribution in [0.15, 0.2) is 35.4 Å². The molecule has 3 atom stereocenters. The number of benzene rings is 1. The summed E-state index contributed by atoms with van der Waals surface area (Å²) < 4.78 is 64.7. The van der Waals surface area contributed by atoms with Crippen molar-refractivity contribution in [2.24, 2.45) is 5.92 Å². The average molecular weight is 430 g/mol. The van der Waals surface area contributed by atoms with Crippen LogP contribution in [0.3, 0.4) is 0 Å². The molecule has 1 aromatic rings. The van der Waals surface area contributed by atoms with E-state index in [0.717, 1.165) is 22.6 Å². The third-order valence-electron chi connectivity index (χ3n) is 4.56. The normalized spacial score (nSPS) is 24.4. The largest absolute Gasteiger partial charge is 0.466 e. The number of halogens is 2. The highest BCUT2D eigenvalue weighted by molar-refractivity contribution is 7.89. The van der Waals surface area contributed by atoms with Crippen molar-refractivity contribution >= 4 is 21.9 Å². The third-order valence-corrected chi connectivity index (χ3v) is 6.36. The van der Waals surface area contributed by atoms with Crippen LogP contribution >= 0.6 is 0 Å². The molecule has 11 heteroatoms. The van der Waals surface area contributed by atoms with Crippen LogP contribution < -0.4 is 5.32 Å². The summed E-state index contributed by atoms with van der Waals surface area (Å²) in [5, 5.41) is 2.57. The second-order valence-electron chi connectivity index (χ2n) is 6.50. The molecule has 1 fully saturated rings. The quantitative estimate of drug-likeness (QED) is 0.683. The van der Waals surface area contributed by atoms with Gasteiger partial charge in [0.25, 0.3) is 10.0 Å². The first kappa shape index (κ1) is 21.2. The van der Waals surface area contributed by atoms with Crippen molar-refractivity contribution in [3.63, 3.8) is 0 Å². The van der Waals surface area contributed by atoms with E-state index in [0.29, 0.717) is 19.0 Å². The number of carbonyl (C=O) groups excluding carboxylic acids is 2. The third kappa shape index (κ3) is 4.40. The van der Waals surface area contributed by atoms with Gasteiger partial charge in [0, 0.05) is 31.7 Å². The molecule has 158 valence electrons. The molecule has 1 amide bonds. The molecule has 1 saturated heterocycles. The van der Waals surface area contributed by atoms with Gasteiger partial charge >= 0.3 is 5.97 Å². The van der Waals surface area contributed by atoms with Crippen molar-refractivity contribution < 1.29 is 36.3 Å². The van der Waals surface area contributed by atoms with Crippen molar-refractivity contribution in [1.82, 2.24) is 9.62 Å². The first-order valence-corrected chi connectivity index (χ1v) is 10.4. The summed E-state index contributed by atoms with van der Waals surface area (Å²) in [4.78, 5) is 23.2. The summed E-state index contributed by atoms with van der Waals surface area (Å²) in [5.74, 6) is -3.96. The summed E-state index contributed by atoms with van der Waals surface area (Å²) >= 11 is 0. The minimum Gasteiger partial charge on any atom is -0.466 e. The Morgan fingerprint density at radius 3 is 2.72 bits per heavy atom. The highest BCUT2D eigenvalue weighted by Gasteiger charge is 2.40. The lowest BCUT2D eigenvalue weighted by Gasteiger charge is -2.35. The fourth-order valence-corrected chi connectivity index (χ4v) is 4.60. The average Bonchev–Trinajstić information content (AvgIpc) is 3.06. The van der Waals surface area contributed by atoms with Crippen LogP contribution in [0.1, 0.15) is 19.8 Å². The molecule has 0 bridgehead atoms. The summed E-state index contributed by atoms with van der Waals surface area (Å²) in [6.07, 6.45) is 0.429. The van der Waals surface area contributed by atoms with E-state index >= 15 is 0 Å². The number of esters is 1. The summed E-state index contributed by atoms with van der Waals surface area (Å²) in [7, 11) is -4.48. The summed E-state index contributed by atoms with van der Waals surface area (Å²) in [6, 6.07) is 2.10. The van der Waals surface area contributed by atoms with Crippen molar-refractivity contribution in [1.29, 1.82) is 0 Å². The summed E-state index contributed by atoms with van der Waals surface area (Å²) in [6.45, 7) is 2.14. The number of carbonyl (C=O) groups is 2. The fourth-order valence-electron chi connectivity index (χ4n) is 3.15. The molecule has 29 heavy (non-hydrogen) atoms. The van der Waals surface area contributed by atoms with Gasteiger partial charge in [0.15, 0.2) is 0 Å². The van der Waals surface area contributed by atoms with E-state index in [1.54, 1.807) is 6.92 Å². The molecule has 1 N–H and O–H groups in total. The molecule has 2 heterocycles. The fraction of sp³-hybridized carbons (Fsp3) is 0.444. The number of ether oxygens (including phenoxy) is 2. The standard InChI is InChI=1S/C18H20F2N2O6S/c1-2-27-18(24)11-6-8-22(16(9-11)28-14-5-7-21-17(14)23)29(25,26)15-4-3-12(19)10-13(15)20/h3-4,6,8,10-11,14,16H,2,5,7,9H2,1H3,(H,21,23)/t11-,14-,16-/m0/s1. The zero-order valence-electron chi connectivity index (χ0n) is 15.5. The predicted molar refractivity (Wildman–Crippen MR) is 95.6 cm³/mol. The second kappa shape index (κ2) is 8.46. The molecular weight excluding hydrogens is 410 g/mol. The number of amides is 1. The van der Waals surface area contributed by atoms with Crippen LogP contribution in [0.5, 0.6) is 0 Å². The van der Waals surface area contributed by atoms with E-state index in [4.69, 9.17) is 9.47 Å². The lowest BCUT2D eigenvalue weighted by Crippen LogP contribution is -2.46. The summed E-state index contributed by atoms with van der Waals surface area (Å²) in [5.41, 5.74) is 0. The smallest absolute Gasteiger partial charge is 0.313 e. The van der Waals surface area contributed by atoms with E-state index in [9.17, 15) is 26.8 Å². The van der Waals surface area contributed by atoms with Gasteiger partial charge in [-0.3, -0.25) is 9.59 Å². The maximum Gasteiger partial charge on any atom is 0.313 e. The lowest BCUT2D eigenvalue weighted by molar-refractivity contribution is -0.151. The molecule has 0 aliphatic carbocycles. The monoisotopic (exact) mass is 430 g/mol. The number of rotatable bonds is 6. The SMILES string of the molecule is CCOC(=O)[C@H]1C=CN(S(=O)(=O)c2ccc(F)cc2F)[C@@H](O[C@H]2CCNC2=O)C1. The molecule has 0 spiro atoms. The topological polar surface area (TPSA) is 102 Å². The van der Waals surface area contributed by atoms with Crippen LogP contribution in [-0.4, -0.2) is 50.1 Å². The van der Waals surface area contributed by atoms with Gasteiger partial charge in [-0.15, -0.1) is 0 Å². The predicted octanol–water partition coefficient (Wildman–Crippen LogP) is 1.28. The molecule has 2 aliphatic heterocycles. The van der Waals surface area contributed by atoms with E-state index in [2.05, 4.69) is 5.32 Å². The van der Waals surface area contributed by atoms with Gasteiger partial charge in [-0.1, -0.05) is 6.08 Å². The minimum atomic E-state index is -4.48. The Hall–Kier alpha value is -2.53. The van der Waals surface area contributed by atoms with E-state index in [1.165, 1.54) is 6.08 Å². The zero-order chi connectivity index (χ0) is 21.2. The molecule has 0 saturated carbocycles. The Labute approximate surface area is 166 Å². The molecule has 3 rings (SSSR count). The number of hydrogen-bond acceptors (Lipinski definition) is 6. The Morgan fingerprint density at radius 1 is 1.34 bits per heavy atom. The van der Waals surface area contributed by atoms with E-state index in [1.807, 2.05) is 0 Å². The Balaban J connectivity index is 1.95. The van der Waals surface area contributed by atoms with E-state index < -0.39 is 56.7 Å². The molecule has 2 aliphatic rings. The Kier molecular flexibility index (Phi) is 6.18. The van der Waals surface area contributed by atoms with Gasteiger partial charge in [-0.2, -0.15) is 0 Å². The maximum absolute atomic E-state index is 14.2. The van der Waals surface area contributed by atoms with Crippen LogP contribution in [-0.2, 0) is 29.1 Å². The van der Waals surface area contributed by atoms with Gasteiger partial charge in [0.2, 0.25) is 5.91 Å². The molecule has 0 unspecified atom stereocenters. The number of hydrogen-bond donors (Lipinski definition) is 1. The van der Waals surface area contributed by atoms with Crippen LogP contribution in [0.2, 0.25) is 0 Å². The van der Waals surface area contributed by atoms with Gasteiger partial charge < -0.3 is 14.8 Å². The van der Waals surface area contributed by atoms with Gasteiger partial charge in [0.05, 0.1) is 12.5 Å². The Morgan fingerprint density at radius 2 is 2.10 bits per heavy atom. The highest BCUT2D eigenvalue weighted by atomic mass is 32.2. The van der Waals surface area contributed by atoms with Crippen molar-refractivity contribution in [2.75, 3.05) is 13.2 Å². The van der Waals surface area contributed by atoms with Crippen LogP contribution in [0.25, 0.3) is 0 Å². The number of nitrogens with zero attached hydrogens (tertiary/aromatic N) is 1. The van der Waals surface area contributed by atoms with Crippen LogP contribution in [0, 0.1) is 17.6 Å². The second-order valence-corrected chi connectivity index (χ2v) is 8.32. The first-order valence-electron chi connectivity index (χ1n) is 9.00. The molecule has 8 nitrogen and oxygen atoms in total. The van der Waals surface area contributed by atoms with E-state index in [-0.39, 0.29) is 13.0 Å². The maximum atomic E-state index is 14.2. The Bertz CT molecular complexity index is 936. The lowest BCUT2D eigenvalue weighted by atomic mass is 10.0. The van der Waals surface area contributed by atoms with Gasteiger partial charge in [-0.05, 0) is 19.1 Å². The van der Waals surface area contributed by atoms with Crippen molar-refractivity contribution in [3.8, 4) is 0 Å². The number of nitrogens with one attached hydrogen (secondary N) is 1. The van der Waals surface area contributed by atoms with Crippen LogP contribution in [0.4, 0.5) is 8.78 Å². The molecule has 0 aromatic heterocycles. The molecule has 0 radical (unpaired) electrons. The first-order chi connectivity index (χ1) is 13.7. The highest BCUT2D eigenvalue weighted by Crippen LogP contribution is 2.31. The molecule has 1 aromatic carbocycles. The van der Waals surface area contributed by atoms with Crippen molar-refractivity contribution in [2.45, 2.75) is 37.0 Å². The number of sulfonamides is 1. The van der Waals surface area contributed by atoms with Crippen molar-refractivity contribution in [3.05, 3.63) is 42.1 Å². The zero-order valence-corrected chi connectivity index (χ0v) is 16.3. The van der Waals surface area contributed by atoms with Gasteiger partial charge in [0.1, 0.15) is 28.9 Å². The minimum absolute atomic E-state index is 0.124. The molecular formula is C18H20F2N2O6S.